The molecular formula is C22H14FN3OS. The monoisotopic (exact) mass is 387 g/mol. The third kappa shape index (κ3) is 3.61. The zero-order valence-corrected chi connectivity index (χ0v) is 15.5. The van der Waals surface area contributed by atoms with E-state index in [4.69, 9.17) is 5.26 Å². The van der Waals surface area contributed by atoms with Crippen molar-refractivity contribution in [1.82, 2.24) is 4.98 Å². The van der Waals surface area contributed by atoms with Crippen molar-refractivity contribution >= 4 is 32.6 Å². The molecule has 1 aromatic heterocycles. The lowest BCUT2D eigenvalue weighted by Crippen LogP contribution is -2.30. The lowest BCUT2D eigenvalue weighted by atomic mass is 10.1. The molecule has 6 heteroatoms. The van der Waals surface area contributed by atoms with Crippen LogP contribution in [0.5, 0.6) is 0 Å². The number of hydrogen-bond acceptors (Lipinski definition) is 4. The topological polar surface area (TPSA) is 57.0 Å². The first-order valence-corrected chi connectivity index (χ1v) is 9.38. The summed E-state index contributed by atoms with van der Waals surface area (Å²) in [5, 5.41) is 9.47. The Morgan fingerprint density at radius 2 is 1.82 bits per heavy atom. The molecule has 4 aromatic rings. The van der Waals surface area contributed by atoms with Gasteiger partial charge in [0.05, 0.1) is 28.4 Å². The van der Waals surface area contributed by atoms with Crippen LogP contribution in [-0.4, -0.2) is 10.9 Å². The first-order valence-electron chi connectivity index (χ1n) is 8.56. The van der Waals surface area contributed by atoms with Gasteiger partial charge < -0.3 is 0 Å². The Hall–Kier alpha value is -3.56. The number of hydrogen-bond donors (Lipinski definition) is 0. The molecule has 0 saturated carbocycles. The highest BCUT2D eigenvalue weighted by atomic mass is 32.1. The van der Waals surface area contributed by atoms with E-state index in [1.807, 2.05) is 36.4 Å². The van der Waals surface area contributed by atoms with E-state index in [0.29, 0.717) is 33.0 Å². The maximum Gasteiger partial charge on any atom is 0.260 e. The second-order valence-corrected chi connectivity index (χ2v) is 7.18. The number of aromatic nitrogens is 1. The van der Waals surface area contributed by atoms with E-state index >= 15 is 0 Å². The summed E-state index contributed by atoms with van der Waals surface area (Å²) in [6.45, 7) is 0.335. The third-order valence-corrected chi connectivity index (χ3v) is 5.30. The summed E-state index contributed by atoms with van der Waals surface area (Å²) in [6.07, 6.45) is 0. The molecule has 0 bridgehead atoms. The van der Waals surface area contributed by atoms with Gasteiger partial charge in [-0.2, -0.15) is 5.26 Å². The summed E-state index contributed by atoms with van der Waals surface area (Å²) in [4.78, 5) is 19.3. The maximum atomic E-state index is 13.6. The Morgan fingerprint density at radius 1 is 1.07 bits per heavy atom. The van der Waals surface area contributed by atoms with Crippen molar-refractivity contribution in [3.8, 4) is 6.07 Å². The Labute approximate surface area is 165 Å². The van der Waals surface area contributed by atoms with E-state index < -0.39 is 0 Å². The summed E-state index contributed by atoms with van der Waals surface area (Å²) in [5.41, 5.74) is 2.55. The number of amides is 1. The Morgan fingerprint density at radius 3 is 2.54 bits per heavy atom. The highest BCUT2D eigenvalue weighted by molar-refractivity contribution is 7.22. The molecule has 0 aliphatic carbocycles. The van der Waals surface area contributed by atoms with E-state index in [0.717, 1.165) is 5.56 Å². The van der Waals surface area contributed by atoms with E-state index in [1.54, 1.807) is 35.2 Å². The predicted molar refractivity (Wildman–Crippen MR) is 108 cm³/mol. The Kier molecular flexibility index (Phi) is 4.83. The van der Waals surface area contributed by atoms with Crippen LogP contribution in [-0.2, 0) is 6.54 Å². The predicted octanol–water partition coefficient (Wildman–Crippen LogP) is 5.15. The van der Waals surface area contributed by atoms with Crippen molar-refractivity contribution in [1.29, 1.82) is 5.26 Å². The molecule has 0 fully saturated rings. The lowest BCUT2D eigenvalue weighted by molar-refractivity contribution is 0.0985. The number of benzene rings is 3. The number of fused-ring (bicyclic) bond motifs is 1. The minimum atomic E-state index is -0.337. The van der Waals surface area contributed by atoms with Crippen LogP contribution in [0.1, 0.15) is 21.5 Å². The van der Waals surface area contributed by atoms with Crippen molar-refractivity contribution in [3.05, 3.63) is 95.3 Å². The van der Waals surface area contributed by atoms with E-state index in [2.05, 4.69) is 4.98 Å². The molecule has 4 rings (SSSR count). The molecule has 0 unspecified atom stereocenters. The number of thiazole rings is 1. The van der Waals surface area contributed by atoms with Crippen LogP contribution in [0, 0.1) is 17.1 Å². The lowest BCUT2D eigenvalue weighted by Gasteiger charge is -2.20. The maximum absolute atomic E-state index is 13.6. The molecule has 1 amide bonds. The molecule has 0 aliphatic rings. The highest BCUT2D eigenvalue weighted by Crippen LogP contribution is 2.31. The van der Waals surface area contributed by atoms with Crippen molar-refractivity contribution in [3.63, 3.8) is 0 Å². The third-order valence-electron chi connectivity index (χ3n) is 4.26. The van der Waals surface area contributed by atoms with Gasteiger partial charge in [0.25, 0.3) is 5.91 Å². The number of carbonyl (C=O) groups is 1. The van der Waals surface area contributed by atoms with Gasteiger partial charge in [-0.3, -0.25) is 9.69 Å². The quantitative estimate of drug-likeness (QED) is 0.486. The number of nitriles is 1. The summed E-state index contributed by atoms with van der Waals surface area (Å²) in [6, 6.07) is 22.5. The number of anilines is 1. The first kappa shape index (κ1) is 17.8. The molecule has 3 aromatic carbocycles. The molecule has 0 radical (unpaired) electrons. The average Bonchev–Trinajstić information content (AvgIpc) is 3.15. The van der Waals surface area contributed by atoms with Crippen molar-refractivity contribution < 1.29 is 9.18 Å². The van der Waals surface area contributed by atoms with E-state index in [-0.39, 0.29) is 11.7 Å². The van der Waals surface area contributed by atoms with Crippen LogP contribution in [0.15, 0.2) is 72.8 Å². The summed E-state index contributed by atoms with van der Waals surface area (Å²) >= 11 is 1.27. The average molecular weight is 387 g/mol. The van der Waals surface area contributed by atoms with Crippen LogP contribution in [0.4, 0.5) is 9.52 Å². The van der Waals surface area contributed by atoms with Crippen LogP contribution in [0.2, 0.25) is 0 Å². The Balaban J connectivity index is 1.75. The molecule has 0 spiro atoms. The molecule has 0 N–H and O–H groups in total. The zero-order valence-electron chi connectivity index (χ0n) is 14.7. The smallest absolute Gasteiger partial charge is 0.260 e. The van der Waals surface area contributed by atoms with Gasteiger partial charge in [-0.1, -0.05) is 41.7 Å². The molecule has 1 heterocycles. The van der Waals surface area contributed by atoms with Gasteiger partial charge >= 0.3 is 0 Å². The summed E-state index contributed by atoms with van der Waals surface area (Å²) < 4.78 is 14.2. The van der Waals surface area contributed by atoms with Crippen molar-refractivity contribution in [2.45, 2.75) is 6.54 Å². The molecule has 136 valence electrons. The first-order chi connectivity index (χ1) is 13.6. The van der Waals surface area contributed by atoms with Gasteiger partial charge in [0, 0.05) is 5.56 Å². The van der Waals surface area contributed by atoms with E-state index in [9.17, 15) is 9.18 Å². The highest BCUT2D eigenvalue weighted by Gasteiger charge is 2.22. The van der Waals surface area contributed by atoms with Gasteiger partial charge in [0.2, 0.25) is 0 Å². The minimum Gasteiger partial charge on any atom is -0.279 e. The standard InChI is InChI=1S/C22H14FN3OS/c23-18-10-11-19-20(12-18)28-22(25-19)26(14-16-4-2-1-3-5-16)21(27)17-8-6-15(13-24)7-9-17/h1-12H,14H2. The molecule has 0 atom stereocenters. The second kappa shape index (κ2) is 7.59. The van der Waals surface area contributed by atoms with Crippen LogP contribution < -0.4 is 4.90 Å². The number of halogens is 1. The van der Waals surface area contributed by atoms with Crippen LogP contribution in [0.25, 0.3) is 10.2 Å². The number of rotatable bonds is 4. The molecule has 28 heavy (non-hydrogen) atoms. The largest absolute Gasteiger partial charge is 0.279 e. The van der Waals surface area contributed by atoms with Gasteiger partial charge in [0.1, 0.15) is 5.82 Å². The van der Waals surface area contributed by atoms with Crippen molar-refractivity contribution in [2.75, 3.05) is 4.90 Å². The normalized spacial score (nSPS) is 10.6. The van der Waals surface area contributed by atoms with Gasteiger partial charge in [-0.05, 0) is 48.0 Å². The number of carbonyl (C=O) groups excluding carboxylic acids is 1. The van der Waals surface area contributed by atoms with E-state index in [1.165, 1.54) is 23.5 Å². The van der Waals surface area contributed by atoms with Crippen LogP contribution in [0.3, 0.4) is 0 Å². The molecular weight excluding hydrogens is 373 g/mol. The Bertz CT molecular complexity index is 1180. The van der Waals surface area contributed by atoms with Gasteiger partial charge in [-0.25, -0.2) is 9.37 Å². The minimum absolute atomic E-state index is 0.229. The number of nitrogens with zero attached hydrogens (tertiary/aromatic N) is 3. The fraction of sp³-hybridized carbons (Fsp3) is 0.0455. The molecule has 4 nitrogen and oxygen atoms in total. The fourth-order valence-electron chi connectivity index (χ4n) is 2.84. The second-order valence-electron chi connectivity index (χ2n) is 6.17. The summed E-state index contributed by atoms with van der Waals surface area (Å²) in [7, 11) is 0. The molecule has 0 aliphatic heterocycles. The SMILES string of the molecule is N#Cc1ccc(C(=O)N(Cc2ccccc2)c2nc3ccc(F)cc3s2)cc1. The van der Waals surface area contributed by atoms with Gasteiger partial charge in [-0.15, -0.1) is 0 Å². The summed E-state index contributed by atoms with van der Waals surface area (Å²) in [5.74, 6) is -0.566. The molecule has 0 saturated heterocycles. The van der Waals surface area contributed by atoms with Gasteiger partial charge in [0.15, 0.2) is 5.13 Å². The zero-order chi connectivity index (χ0) is 19.5. The van der Waals surface area contributed by atoms with Crippen molar-refractivity contribution in [2.24, 2.45) is 0 Å². The van der Waals surface area contributed by atoms with Crippen LogP contribution >= 0.6 is 11.3 Å². The fourth-order valence-corrected chi connectivity index (χ4v) is 3.83.